The van der Waals surface area contributed by atoms with E-state index in [2.05, 4.69) is 5.32 Å². The molecule has 0 bridgehead atoms. The summed E-state index contributed by atoms with van der Waals surface area (Å²) in [7, 11) is 0. The number of amides is 1. The molecule has 4 rings (SSSR count). The van der Waals surface area contributed by atoms with Crippen molar-refractivity contribution in [3.05, 3.63) is 110 Å². The van der Waals surface area contributed by atoms with Crippen LogP contribution in [-0.4, -0.2) is 10.8 Å². The smallest absolute Gasteiger partial charge is 0.291 e. The van der Waals surface area contributed by atoms with Gasteiger partial charge in [-0.3, -0.25) is 14.9 Å². The van der Waals surface area contributed by atoms with Crippen LogP contribution in [0.2, 0.25) is 10.0 Å². The third-order valence-electron chi connectivity index (χ3n) is 4.80. The molecular formula is C24H12Cl2F4N2O6. The lowest BCUT2D eigenvalue weighted by Gasteiger charge is -2.10. The largest absolute Gasteiger partial charge is 0.479 e. The van der Waals surface area contributed by atoms with Crippen LogP contribution in [0, 0.1) is 33.4 Å². The molecule has 0 saturated carbocycles. The normalized spacial score (nSPS) is 10.8. The maximum Gasteiger partial charge on any atom is 0.291 e. The number of hydrogen-bond acceptors (Lipinski definition) is 6. The Morgan fingerprint density at radius 1 is 0.974 bits per heavy atom. The highest BCUT2D eigenvalue weighted by atomic mass is 35.5. The average molecular weight is 571 g/mol. The van der Waals surface area contributed by atoms with E-state index in [4.69, 9.17) is 37.1 Å². The van der Waals surface area contributed by atoms with Gasteiger partial charge in [0.05, 0.1) is 21.7 Å². The minimum absolute atomic E-state index is 0.0290. The Kier molecular flexibility index (Phi) is 7.74. The molecule has 0 unspecified atom stereocenters. The van der Waals surface area contributed by atoms with Crippen molar-refractivity contribution in [2.24, 2.45) is 0 Å². The van der Waals surface area contributed by atoms with Gasteiger partial charge in [0.25, 0.3) is 11.6 Å². The van der Waals surface area contributed by atoms with Crippen molar-refractivity contribution < 1.29 is 41.2 Å². The van der Waals surface area contributed by atoms with Crippen LogP contribution in [0.1, 0.15) is 16.3 Å². The van der Waals surface area contributed by atoms with Crippen LogP contribution in [0.15, 0.2) is 59.0 Å². The van der Waals surface area contributed by atoms with E-state index >= 15 is 0 Å². The summed E-state index contributed by atoms with van der Waals surface area (Å²) >= 11 is 11.9. The third-order valence-corrected chi connectivity index (χ3v) is 5.33. The minimum Gasteiger partial charge on any atom is -0.479 e. The van der Waals surface area contributed by atoms with Crippen LogP contribution in [-0.2, 0) is 6.61 Å². The fraction of sp³-hybridized carbons (Fsp3) is 0.0417. The number of halogens is 6. The molecule has 0 radical (unpaired) electrons. The molecule has 0 fully saturated rings. The lowest BCUT2D eigenvalue weighted by molar-refractivity contribution is -0.384. The number of non-ortho nitro benzene ring substituents is 1. The van der Waals surface area contributed by atoms with Gasteiger partial charge in [-0.05, 0) is 30.3 Å². The third kappa shape index (κ3) is 5.98. The van der Waals surface area contributed by atoms with Crippen LogP contribution < -0.4 is 14.8 Å². The van der Waals surface area contributed by atoms with Crippen LogP contribution in [0.4, 0.5) is 28.9 Å². The zero-order chi connectivity index (χ0) is 27.6. The molecule has 1 N–H and O–H groups in total. The number of benzene rings is 3. The number of nitrogens with zero attached hydrogens (tertiary/aromatic N) is 1. The molecule has 196 valence electrons. The van der Waals surface area contributed by atoms with Crippen LogP contribution in [0.25, 0.3) is 0 Å². The minimum atomic E-state index is -1.74. The Hall–Kier alpha value is -4.29. The Morgan fingerprint density at radius 3 is 2.34 bits per heavy atom. The second kappa shape index (κ2) is 11.0. The van der Waals surface area contributed by atoms with Gasteiger partial charge in [-0.25, -0.2) is 8.78 Å². The number of nitro groups is 1. The first kappa shape index (κ1) is 26.8. The first-order valence-corrected chi connectivity index (χ1v) is 11.1. The SMILES string of the molecule is O=C(Nc1cc(Oc2ccc(Cl)cc2Cl)cc([N+](=O)[O-])c1)c1ccc(COc2c(F)c(F)cc(F)c2F)o1. The Labute approximate surface area is 220 Å². The molecule has 14 heteroatoms. The molecule has 0 aliphatic carbocycles. The van der Waals surface area contributed by atoms with E-state index < -0.39 is 52.1 Å². The second-order valence-corrected chi connectivity index (χ2v) is 8.30. The highest BCUT2D eigenvalue weighted by Crippen LogP contribution is 2.35. The maximum absolute atomic E-state index is 13.7. The second-order valence-electron chi connectivity index (χ2n) is 7.46. The fourth-order valence-electron chi connectivity index (χ4n) is 3.10. The number of ether oxygens (including phenoxy) is 2. The van der Waals surface area contributed by atoms with Gasteiger partial charge in [0.15, 0.2) is 23.1 Å². The van der Waals surface area contributed by atoms with Crippen LogP contribution in [0.5, 0.6) is 17.2 Å². The molecule has 0 atom stereocenters. The maximum atomic E-state index is 13.7. The number of furan rings is 1. The van der Waals surface area contributed by atoms with Crippen molar-refractivity contribution in [3.63, 3.8) is 0 Å². The monoisotopic (exact) mass is 570 g/mol. The summed E-state index contributed by atoms with van der Waals surface area (Å²) in [5, 5.41) is 14.2. The van der Waals surface area contributed by atoms with Gasteiger partial charge in [-0.2, -0.15) is 8.78 Å². The molecule has 1 amide bonds. The van der Waals surface area contributed by atoms with Crippen LogP contribution >= 0.6 is 23.2 Å². The van der Waals surface area contributed by atoms with Gasteiger partial charge in [0.2, 0.25) is 11.6 Å². The zero-order valence-electron chi connectivity index (χ0n) is 18.6. The number of carbonyl (C=O) groups excluding carboxylic acids is 1. The average Bonchev–Trinajstić information content (AvgIpc) is 3.34. The van der Waals surface area contributed by atoms with Crippen molar-refractivity contribution in [3.8, 4) is 17.2 Å². The van der Waals surface area contributed by atoms with Gasteiger partial charge in [0, 0.05) is 23.2 Å². The molecule has 0 aliphatic rings. The van der Waals surface area contributed by atoms with E-state index in [1.54, 1.807) is 0 Å². The predicted molar refractivity (Wildman–Crippen MR) is 127 cm³/mol. The van der Waals surface area contributed by atoms with Crippen molar-refractivity contribution in [1.29, 1.82) is 0 Å². The van der Waals surface area contributed by atoms with Crippen molar-refractivity contribution >= 4 is 40.5 Å². The van der Waals surface area contributed by atoms with Crippen molar-refractivity contribution in [1.82, 2.24) is 0 Å². The predicted octanol–water partition coefficient (Wildman–Crippen LogP) is 7.67. The van der Waals surface area contributed by atoms with E-state index in [1.807, 2.05) is 0 Å². The number of nitro benzene ring substituents is 1. The molecule has 0 saturated heterocycles. The van der Waals surface area contributed by atoms with Crippen molar-refractivity contribution in [2.75, 3.05) is 5.32 Å². The lowest BCUT2D eigenvalue weighted by Crippen LogP contribution is -2.11. The Morgan fingerprint density at radius 2 is 1.68 bits per heavy atom. The van der Waals surface area contributed by atoms with Crippen molar-refractivity contribution in [2.45, 2.75) is 6.61 Å². The first-order valence-electron chi connectivity index (χ1n) is 10.3. The molecule has 3 aromatic carbocycles. The molecule has 0 aliphatic heterocycles. The van der Waals surface area contributed by atoms with Crippen LogP contribution in [0.3, 0.4) is 0 Å². The first-order chi connectivity index (χ1) is 18.0. The van der Waals surface area contributed by atoms with Gasteiger partial charge in [0.1, 0.15) is 23.9 Å². The van der Waals surface area contributed by atoms with E-state index in [0.29, 0.717) is 5.02 Å². The number of hydrogen-bond donors (Lipinski definition) is 1. The molecule has 4 aromatic rings. The van der Waals surface area contributed by atoms with Gasteiger partial charge in [-0.1, -0.05) is 23.2 Å². The number of carbonyl (C=O) groups is 1. The summed E-state index contributed by atoms with van der Waals surface area (Å²) in [6.45, 7) is -0.680. The number of nitrogens with one attached hydrogen (secondary N) is 1. The highest BCUT2D eigenvalue weighted by molar-refractivity contribution is 6.35. The van der Waals surface area contributed by atoms with Gasteiger partial charge in [-0.15, -0.1) is 0 Å². The standard InChI is InChI=1S/C24H12Cl2F4N2O6/c25-11-1-3-19(16(26)5-11)38-15-7-12(6-13(8-15)32(34)35)31-24(33)20-4-2-14(37-20)10-36-23-21(29)17(27)9-18(28)22(23)30/h1-9H,10H2,(H,31,33). The highest BCUT2D eigenvalue weighted by Gasteiger charge is 2.22. The van der Waals surface area contributed by atoms with E-state index in [9.17, 15) is 32.5 Å². The lowest BCUT2D eigenvalue weighted by atomic mass is 10.2. The summed E-state index contributed by atoms with van der Waals surface area (Å²) in [5.41, 5.74) is -0.458. The fourth-order valence-corrected chi connectivity index (χ4v) is 3.54. The zero-order valence-corrected chi connectivity index (χ0v) is 20.1. The van der Waals surface area contributed by atoms with Gasteiger partial charge < -0.3 is 19.2 Å². The number of anilines is 1. The summed E-state index contributed by atoms with van der Waals surface area (Å²) in [4.78, 5) is 23.3. The van der Waals surface area contributed by atoms with E-state index in [0.717, 1.165) is 12.1 Å². The van der Waals surface area contributed by atoms with E-state index in [1.165, 1.54) is 36.4 Å². The Balaban J connectivity index is 1.50. The van der Waals surface area contributed by atoms with Gasteiger partial charge >= 0.3 is 0 Å². The molecule has 0 spiro atoms. The molecule has 1 aromatic heterocycles. The van der Waals surface area contributed by atoms with E-state index in [-0.39, 0.29) is 39.8 Å². The quantitative estimate of drug-likeness (QED) is 0.101. The topological polar surface area (TPSA) is 104 Å². The molecular weight excluding hydrogens is 559 g/mol. The summed E-state index contributed by atoms with van der Waals surface area (Å²) in [6, 6.07) is 10.2. The summed E-state index contributed by atoms with van der Waals surface area (Å²) in [6.07, 6.45) is 0. The number of rotatable bonds is 8. The molecule has 1 heterocycles. The summed E-state index contributed by atoms with van der Waals surface area (Å²) < 4.78 is 69.8. The Bertz CT molecular complexity index is 1540. The summed E-state index contributed by atoms with van der Waals surface area (Å²) in [5.74, 6) is -9.27. The molecule has 8 nitrogen and oxygen atoms in total. The molecule has 38 heavy (non-hydrogen) atoms.